The van der Waals surface area contributed by atoms with Crippen molar-refractivity contribution in [2.24, 2.45) is 5.92 Å². The summed E-state index contributed by atoms with van der Waals surface area (Å²) in [6.45, 7) is 12.2. The minimum atomic E-state index is 0.603. The van der Waals surface area contributed by atoms with Crippen LogP contribution in [0.1, 0.15) is 50.3 Å². The Kier molecular flexibility index (Phi) is 5.70. The fraction of sp³-hybridized carbons (Fsp3) is 0.625. The highest BCUT2D eigenvalue weighted by molar-refractivity contribution is 5.29. The second kappa shape index (κ2) is 6.80. The lowest BCUT2D eigenvalue weighted by Gasteiger charge is -2.22. The molecule has 0 heterocycles. The first kappa shape index (κ1) is 14.2. The second-order valence-electron chi connectivity index (χ2n) is 5.16. The average molecular weight is 233 g/mol. The van der Waals surface area contributed by atoms with Gasteiger partial charge in [-0.05, 0) is 43.4 Å². The molecule has 0 aliphatic rings. The fourth-order valence-corrected chi connectivity index (χ4v) is 2.35. The Labute approximate surface area is 107 Å². The number of benzene rings is 1. The molecule has 0 spiro atoms. The molecule has 0 fully saturated rings. The summed E-state index contributed by atoms with van der Waals surface area (Å²) < 4.78 is 0. The Bertz CT molecular complexity index is 339. The highest BCUT2D eigenvalue weighted by atomic mass is 14.9. The summed E-state index contributed by atoms with van der Waals surface area (Å²) in [6.07, 6.45) is 2.52. The van der Waals surface area contributed by atoms with Gasteiger partial charge in [-0.25, -0.2) is 0 Å². The summed E-state index contributed by atoms with van der Waals surface area (Å²) in [5.74, 6) is 0.793. The van der Waals surface area contributed by atoms with E-state index in [4.69, 9.17) is 0 Å². The third-order valence-corrected chi connectivity index (χ3v) is 3.96. The molecule has 0 aliphatic heterocycles. The van der Waals surface area contributed by atoms with Gasteiger partial charge in [0.05, 0.1) is 0 Å². The molecule has 0 saturated heterocycles. The predicted molar refractivity (Wildman–Crippen MR) is 76.3 cm³/mol. The number of rotatable bonds is 6. The Morgan fingerprint density at radius 1 is 1.06 bits per heavy atom. The molecule has 0 radical (unpaired) electrons. The molecule has 1 nitrogen and oxygen atoms in total. The zero-order chi connectivity index (χ0) is 12.8. The molecule has 1 aromatic rings. The Hall–Kier alpha value is -0.820. The van der Waals surface area contributed by atoms with Crippen LogP contribution in [0.25, 0.3) is 0 Å². The van der Waals surface area contributed by atoms with Crippen LogP contribution in [0.15, 0.2) is 18.2 Å². The molecule has 1 aromatic carbocycles. The normalized spacial score (nSPS) is 13.1. The molecule has 17 heavy (non-hydrogen) atoms. The van der Waals surface area contributed by atoms with Gasteiger partial charge < -0.3 is 5.32 Å². The molecule has 1 N–H and O–H groups in total. The molecule has 0 amide bonds. The zero-order valence-corrected chi connectivity index (χ0v) is 12.0. The third kappa shape index (κ3) is 4.16. The van der Waals surface area contributed by atoms with Gasteiger partial charge in [0.25, 0.3) is 0 Å². The molecule has 0 bridgehead atoms. The van der Waals surface area contributed by atoms with Crippen molar-refractivity contribution in [3.8, 4) is 0 Å². The van der Waals surface area contributed by atoms with Crippen molar-refractivity contribution in [3.63, 3.8) is 0 Å². The first-order valence-electron chi connectivity index (χ1n) is 6.88. The number of hydrogen-bond acceptors (Lipinski definition) is 1. The van der Waals surface area contributed by atoms with E-state index < -0.39 is 0 Å². The van der Waals surface area contributed by atoms with E-state index in [1.165, 1.54) is 29.5 Å². The highest BCUT2D eigenvalue weighted by Gasteiger charge is 2.12. The SMILES string of the molecule is CCC(CC)C(C)NCc1ccc(C)c(C)c1. The van der Waals surface area contributed by atoms with Gasteiger partial charge in [0.15, 0.2) is 0 Å². The van der Waals surface area contributed by atoms with Crippen molar-refractivity contribution in [2.45, 2.75) is 60.0 Å². The Morgan fingerprint density at radius 2 is 1.71 bits per heavy atom. The molecule has 1 heteroatoms. The van der Waals surface area contributed by atoms with Crippen molar-refractivity contribution in [3.05, 3.63) is 34.9 Å². The van der Waals surface area contributed by atoms with Crippen molar-refractivity contribution < 1.29 is 0 Å². The summed E-state index contributed by atoms with van der Waals surface area (Å²) in [5.41, 5.74) is 4.16. The van der Waals surface area contributed by atoms with E-state index in [1.807, 2.05) is 0 Å². The molecule has 96 valence electrons. The first-order chi connectivity index (χ1) is 8.08. The zero-order valence-electron chi connectivity index (χ0n) is 12.0. The quantitative estimate of drug-likeness (QED) is 0.776. The van der Waals surface area contributed by atoms with E-state index in [2.05, 4.69) is 58.1 Å². The monoisotopic (exact) mass is 233 g/mol. The molecule has 1 atom stereocenters. The summed E-state index contributed by atoms with van der Waals surface area (Å²) in [4.78, 5) is 0. The lowest BCUT2D eigenvalue weighted by Crippen LogP contribution is -2.32. The van der Waals surface area contributed by atoms with E-state index in [0.717, 1.165) is 12.5 Å². The minimum absolute atomic E-state index is 0.603. The van der Waals surface area contributed by atoms with Gasteiger partial charge in [-0.3, -0.25) is 0 Å². The van der Waals surface area contributed by atoms with Gasteiger partial charge in [-0.1, -0.05) is 44.9 Å². The van der Waals surface area contributed by atoms with E-state index in [9.17, 15) is 0 Å². The predicted octanol–water partition coefficient (Wildman–Crippen LogP) is 4.22. The van der Waals surface area contributed by atoms with E-state index in [1.54, 1.807) is 0 Å². The van der Waals surface area contributed by atoms with Crippen LogP contribution < -0.4 is 5.32 Å². The Balaban J connectivity index is 2.52. The van der Waals surface area contributed by atoms with Crippen LogP contribution in [0.5, 0.6) is 0 Å². The number of aryl methyl sites for hydroxylation is 2. The fourth-order valence-electron chi connectivity index (χ4n) is 2.35. The largest absolute Gasteiger partial charge is 0.310 e. The van der Waals surface area contributed by atoms with Gasteiger partial charge in [0, 0.05) is 12.6 Å². The summed E-state index contributed by atoms with van der Waals surface area (Å²) in [5, 5.41) is 3.65. The van der Waals surface area contributed by atoms with Crippen LogP contribution in [0.3, 0.4) is 0 Å². The molecule has 1 rings (SSSR count). The van der Waals surface area contributed by atoms with Crippen molar-refractivity contribution in [1.82, 2.24) is 5.32 Å². The van der Waals surface area contributed by atoms with E-state index in [-0.39, 0.29) is 0 Å². The standard InChI is InChI=1S/C16H27N/c1-6-16(7-2)14(5)17-11-15-9-8-12(3)13(4)10-15/h8-10,14,16-17H,6-7,11H2,1-5H3. The Morgan fingerprint density at radius 3 is 2.24 bits per heavy atom. The third-order valence-electron chi connectivity index (χ3n) is 3.96. The maximum Gasteiger partial charge on any atom is 0.0208 e. The van der Waals surface area contributed by atoms with E-state index >= 15 is 0 Å². The van der Waals surface area contributed by atoms with Gasteiger partial charge in [-0.15, -0.1) is 0 Å². The van der Waals surface area contributed by atoms with Crippen LogP contribution in [-0.4, -0.2) is 6.04 Å². The van der Waals surface area contributed by atoms with Gasteiger partial charge >= 0.3 is 0 Å². The van der Waals surface area contributed by atoms with Gasteiger partial charge in [-0.2, -0.15) is 0 Å². The maximum absolute atomic E-state index is 3.65. The minimum Gasteiger partial charge on any atom is -0.310 e. The molecule has 0 aromatic heterocycles. The molecular weight excluding hydrogens is 206 g/mol. The topological polar surface area (TPSA) is 12.0 Å². The highest BCUT2D eigenvalue weighted by Crippen LogP contribution is 2.14. The summed E-state index contributed by atoms with van der Waals surface area (Å²) >= 11 is 0. The summed E-state index contributed by atoms with van der Waals surface area (Å²) in [6, 6.07) is 7.34. The van der Waals surface area contributed by atoms with Crippen LogP contribution >= 0.6 is 0 Å². The molecule has 0 aliphatic carbocycles. The number of hydrogen-bond donors (Lipinski definition) is 1. The number of nitrogens with one attached hydrogen (secondary N) is 1. The molecular formula is C16H27N. The average Bonchev–Trinajstić information content (AvgIpc) is 2.32. The van der Waals surface area contributed by atoms with Crippen molar-refractivity contribution in [1.29, 1.82) is 0 Å². The van der Waals surface area contributed by atoms with Crippen molar-refractivity contribution in [2.75, 3.05) is 0 Å². The van der Waals surface area contributed by atoms with Crippen LogP contribution in [-0.2, 0) is 6.54 Å². The lowest BCUT2D eigenvalue weighted by molar-refractivity contribution is 0.353. The van der Waals surface area contributed by atoms with Crippen LogP contribution in [0.2, 0.25) is 0 Å². The molecule has 1 unspecified atom stereocenters. The van der Waals surface area contributed by atoms with Crippen molar-refractivity contribution >= 4 is 0 Å². The second-order valence-corrected chi connectivity index (χ2v) is 5.16. The van der Waals surface area contributed by atoms with Crippen LogP contribution in [0.4, 0.5) is 0 Å². The lowest BCUT2D eigenvalue weighted by atomic mass is 9.95. The molecule has 0 saturated carbocycles. The smallest absolute Gasteiger partial charge is 0.0208 e. The van der Waals surface area contributed by atoms with Crippen LogP contribution in [0, 0.1) is 19.8 Å². The van der Waals surface area contributed by atoms with Gasteiger partial charge in [0.2, 0.25) is 0 Å². The van der Waals surface area contributed by atoms with E-state index in [0.29, 0.717) is 6.04 Å². The van der Waals surface area contributed by atoms with Gasteiger partial charge in [0.1, 0.15) is 0 Å². The maximum atomic E-state index is 3.65. The summed E-state index contributed by atoms with van der Waals surface area (Å²) in [7, 11) is 0. The first-order valence-corrected chi connectivity index (χ1v) is 6.88.